The van der Waals surface area contributed by atoms with Crippen molar-refractivity contribution in [2.45, 2.75) is 25.9 Å². The van der Waals surface area contributed by atoms with Crippen LogP contribution in [0.5, 0.6) is 0 Å². The van der Waals surface area contributed by atoms with Crippen molar-refractivity contribution in [1.29, 1.82) is 0 Å². The molecular formula is C19H22N4. The van der Waals surface area contributed by atoms with Gasteiger partial charge in [0.05, 0.1) is 11.2 Å². The third kappa shape index (κ3) is 3.13. The molecule has 0 aliphatic carbocycles. The van der Waals surface area contributed by atoms with Crippen LogP contribution in [-0.4, -0.2) is 33.0 Å². The molecular weight excluding hydrogens is 284 g/mol. The van der Waals surface area contributed by atoms with E-state index in [0.29, 0.717) is 5.92 Å². The van der Waals surface area contributed by atoms with Gasteiger partial charge >= 0.3 is 0 Å². The van der Waals surface area contributed by atoms with E-state index in [1.807, 2.05) is 12.3 Å². The molecule has 1 unspecified atom stereocenters. The first kappa shape index (κ1) is 14.4. The average Bonchev–Trinajstić information content (AvgIpc) is 3.02. The van der Waals surface area contributed by atoms with E-state index in [2.05, 4.69) is 58.0 Å². The van der Waals surface area contributed by atoms with Crippen LogP contribution in [0.3, 0.4) is 0 Å². The molecule has 0 amide bonds. The van der Waals surface area contributed by atoms with Crippen molar-refractivity contribution >= 4 is 10.9 Å². The van der Waals surface area contributed by atoms with Crippen molar-refractivity contribution in [3.63, 3.8) is 0 Å². The van der Waals surface area contributed by atoms with Crippen molar-refractivity contribution in [1.82, 2.24) is 19.4 Å². The van der Waals surface area contributed by atoms with Gasteiger partial charge in [0.1, 0.15) is 5.82 Å². The maximum Gasteiger partial charge on any atom is 0.108 e. The van der Waals surface area contributed by atoms with E-state index >= 15 is 0 Å². The average molecular weight is 306 g/mol. The van der Waals surface area contributed by atoms with E-state index in [4.69, 9.17) is 4.98 Å². The highest BCUT2D eigenvalue weighted by atomic mass is 15.1. The number of aromatic nitrogens is 3. The molecule has 0 saturated heterocycles. The third-order valence-corrected chi connectivity index (χ3v) is 4.69. The van der Waals surface area contributed by atoms with E-state index < -0.39 is 0 Å². The molecule has 1 aliphatic heterocycles. The number of hydrogen-bond donors (Lipinski definition) is 0. The van der Waals surface area contributed by atoms with Crippen LogP contribution in [-0.2, 0) is 19.5 Å². The minimum Gasteiger partial charge on any atom is -0.335 e. The third-order valence-electron chi connectivity index (χ3n) is 4.69. The molecule has 1 aliphatic rings. The molecule has 4 nitrogen and oxygen atoms in total. The lowest BCUT2D eigenvalue weighted by Gasteiger charge is -2.28. The fourth-order valence-electron chi connectivity index (χ4n) is 3.56. The van der Waals surface area contributed by atoms with Crippen molar-refractivity contribution in [3.05, 3.63) is 60.3 Å². The Labute approximate surface area is 136 Å². The summed E-state index contributed by atoms with van der Waals surface area (Å²) in [6, 6.07) is 12.6. The number of rotatable bonds is 4. The normalized spacial score (nSPS) is 17.6. The number of pyridine rings is 1. The Hall–Kier alpha value is -2.20. The summed E-state index contributed by atoms with van der Waals surface area (Å²) in [7, 11) is 2.19. The quantitative estimate of drug-likeness (QED) is 0.742. The van der Waals surface area contributed by atoms with Crippen LogP contribution in [0.2, 0.25) is 0 Å². The standard InChI is InChI=1S/C19H22N4/c1-22(12-15-6-9-19-20-10-11-23(19)13-15)14-17-8-7-16-4-2-3-5-18(16)21-17/h2-5,7-8,10-11,15H,6,9,12-14H2,1H3. The highest BCUT2D eigenvalue weighted by Gasteiger charge is 2.20. The molecule has 3 heterocycles. The molecule has 0 radical (unpaired) electrons. The Balaban J connectivity index is 1.40. The van der Waals surface area contributed by atoms with E-state index in [-0.39, 0.29) is 0 Å². The Bertz CT molecular complexity index is 808. The van der Waals surface area contributed by atoms with Gasteiger partial charge in [0.15, 0.2) is 0 Å². The molecule has 23 heavy (non-hydrogen) atoms. The first-order chi connectivity index (χ1) is 11.3. The molecule has 0 fully saturated rings. The summed E-state index contributed by atoms with van der Waals surface area (Å²) in [5.74, 6) is 1.93. The minimum absolute atomic E-state index is 0.696. The summed E-state index contributed by atoms with van der Waals surface area (Å²) >= 11 is 0. The van der Waals surface area contributed by atoms with Gasteiger partial charge in [0.2, 0.25) is 0 Å². The minimum atomic E-state index is 0.696. The number of aryl methyl sites for hydroxylation is 1. The van der Waals surface area contributed by atoms with Crippen LogP contribution in [0.15, 0.2) is 48.8 Å². The summed E-state index contributed by atoms with van der Waals surface area (Å²) in [5, 5.41) is 1.21. The lowest BCUT2D eigenvalue weighted by molar-refractivity contribution is 0.227. The lowest BCUT2D eigenvalue weighted by Crippen LogP contribution is -2.31. The highest BCUT2D eigenvalue weighted by Crippen LogP contribution is 2.20. The topological polar surface area (TPSA) is 34.0 Å². The van der Waals surface area contributed by atoms with Gasteiger partial charge < -0.3 is 9.47 Å². The number of fused-ring (bicyclic) bond motifs is 2. The van der Waals surface area contributed by atoms with Crippen LogP contribution >= 0.6 is 0 Å². The van der Waals surface area contributed by atoms with Gasteiger partial charge in [-0.05, 0) is 31.5 Å². The van der Waals surface area contributed by atoms with Crippen molar-refractivity contribution in [3.8, 4) is 0 Å². The van der Waals surface area contributed by atoms with Crippen LogP contribution in [0.4, 0.5) is 0 Å². The molecule has 118 valence electrons. The van der Waals surface area contributed by atoms with Gasteiger partial charge in [-0.2, -0.15) is 0 Å². The number of para-hydroxylation sites is 1. The molecule has 3 aromatic rings. The van der Waals surface area contributed by atoms with E-state index in [0.717, 1.165) is 37.3 Å². The van der Waals surface area contributed by atoms with Gasteiger partial charge in [-0.15, -0.1) is 0 Å². The number of nitrogens with zero attached hydrogens (tertiary/aromatic N) is 4. The van der Waals surface area contributed by atoms with E-state index in [1.54, 1.807) is 0 Å². The summed E-state index contributed by atoms with van der Waals surface area (Å²) in [6.07, 6.45) is 6.35. The fourth-order valence-corrected chi connectivity index (χ4v) is 3.56. The Morgan fingerprint density at radius 3 is 3.09 bits per heavy atom. The van der Waals surface area contributed by atoms with Crippen LogP contribution in [0.25, 0.3) is 10.9 Å². The Kier molecular flexibility index (Phi) is 3.83. The van der Waals surface area contributed by atoms with Gasteiger partial charge in [-0.25, -0.2) is 4.98 Å². The molecule has 1 atom stereocenters. The predicted octanol–water partition coefficient (Wildman–Crippen LogP) is 3.13. The molecule has 2 aromatic heterocycles. The Morgan fingerprint density at radius 2 is 2.13 bits per heavy atom. The van der Waals surface area contributed by atoms with E-state index in [1.165, 1.54) is 17.6 Å². The number of benzene rings is 1. The molecule has 0 saturated carbocycles. The van der Waals surface area contributed by atoms with Crippen LogP contribution < -0.4 is 0 Å². The summed E-state index contributed by atoms with van der Waals surface area (Å²) < 4.78 is 2.30. The largest absolute Gasteiger partial charge is 0.335 e. The molecule has 0 bridgehead atoms. The summed E-state index contributed by atoms with van der Waals surface area (Å²) in [6.45, 7) is 3.09. The second kappa shape index (κ2) is 6.13. The first-order valence-corrected chi connectivity index (χ1v) is 8.31. The van der Waals surface area contributed by atoms with Crippen molar-refractivity contribution in [2.75, 3.05) is 13.6 Å². The second-order valence-electron chi connectivity index (χ2n) is 6.59. The number of imidazole rings is 1. The zero-order chi connectivity index (χ0) is 15.6. The zero-order valence-corrected chi connectivity index (χ0v) is 13.5. The van der Waals surface area contributed by atoms with Crippen molar-refractivity contribution < 1.29 is 0 Å². The zero-order valence-electron chi connectivity index (χ0n) is 13.5. The Morgan fingerprint density at radius 1 is 1.22 bits per heavy atom. The highest BCUT2D eigenvalue weighted by molar-refractivity contribution is 5.78. The van der Waals surface area contributed by atoms with Crippen LogP contribution in [0, 0.1) is 5.92 Å². The number of hydrogen-bond acceptors (Lipinski definition) is 3. The van der Waals surface area contributed by atoms with Gasteiger partial charge in [-0.1, -0.05) is 24.3 Å². The smallest absolute Gasteiger partial charge is 0.108 e. The molecule has 0 N–H and O–H groups in total. The van der Waals surface area contributed by atoms with Gasteiger partial charge in [0.25, 0.3) is 0 Å². The molecule has 4 heteroatoms. The fraction of sp³-hybridized carbons (Fsp3) is 0.368. The monoisotopic (exact) mass is 306 g/mol. The molecule has 0 spiro atoms. The maximum atomic E-state index is 4.78. The predicted molar refractivity (Wildman–Crippen MR) is 92.1 cm³/mol. The molecule has 4 rings (SSSR count). The second-order valence-corrected chi connectivity index (χ2v) is 6.59. The van der Waals surface area contributed by atoms with E-state index in [9.17, 15) is 0 Å². The van der Waals surface area contributed by atoms with Crippen molar-refractivity contribution in [2.24, 2.45) is 5.92 Å². The first-order valence-electron chi connectivity index (χ1n) is 8.31. The lowest BCUT2D eigenvalue weighted by atomic mass is 9.99. The maximum absolute atomic E-state index is 4.78. The summed E-state index contributed by atoms with van der Waals surface area (Å²) in [5.41, 5.74) is 2.23. The van der Waals surface area contributed by atoms with Crippen LogP contribution in [0.1, 0.15) is 17.9 Å². The van der Waals surface area contributed by atoms with Gasteiger partial charge in [0, 0.05) is 43.8 Å². The molecule has 1 aromatic carbocycles. The summed E-state index contributed by atoms with van der Waals surface area (Å²) in [4.78, 5) is 11.6. The SMILES string of the molecule is CN(Cc1ccc2ccccc2n1)CC1CCc2nccn2C1. The van der Waals surface area contributed by atoms with Gasteiger partial charge in [-0.3, -0.25) is 4.98 Å².